The van der Waals surface area contributed by atoms with E-state index in [-0.39, 0.29) is 5.91 Å². The lowest BCUT2D eigenvalue weighted by Gasteiger charge is -2.33. The van der Waals surface area contributed by atoms with Crippen LogP contribution < -0.4 is 0 Å². The Kier molecular flexibility index (Phi) is 6.56. The Bertz CT molecular complexity index is 220. The molecule has 0 radical (unpaired) electrons. The van der Waals surface area contributed by atoms with Gasteiger partial charge in [0, 0.05) is 19.7 Å². The lowest BCUT2D eigenvalue weighted by molar-refractivity contribution is -0.133. The lowest BCUT2D eigenvalue weighted by atomic mass is 9.86. The van der Waals surface area contributed by atoms with Crippen molar-refractivity contribution >= 4 is 5.91 Å². The second-order valence-electron chi connectivity index (χ2n) is 5.32. The summed E-state index contributed by atoms with van der Waals surface area (Å²) >= 11 is 0. The van der Waals surface area contributed by atoms with Crippen LogP contribution in [0.3, 0.4) is 0 Å². The fourth-order valence-electron chi connectivity index (χ4n) is 2.38. The SMILES string of the molecule is CCCOCCC(=O)N1CCC(C(C)C)CC1. The number of piperidine rings is 1. The van der Waals surface area contributed by atoms with Gasteiger partial charge in [0.15, 0.2) is 0 Å². The molecule has 0 aromatic carbocycles. The number of carbonyl (C=O) groups is 1. The molecule has 0 saturated carbocycles. The molecule has 0 bridgehead atoms. The molecule has 3 heteroatoms. The van der Waals surface area contributed by atoms with Gasteiger partial charge in [-0.2, -0.15) is 0 Å². The van der Waals surface area contributed by atoms with Crippen LogP contribution in [0.1, 0.15) is 46.5 Å². The maximum atomic E-state index is 11.9. The van der Waals surface area contributed by atoms with E-state index in [1.54, 1.807) is 0 Å². The third kappa shape index (κ3) is 5.07. The summed E-state index contributed by atoms with van der Waals surface area (Å²) in [5, 5.41) is 0. The zero-order chi connectivity index (χ0) is 12.7. The smallest absolute Gasteiger partial charge is 0.224 e. The van der Waals surface area contributed by atoms with Crippen LogP contribution in [0.2, 0.25) is 0 Å². The predicted molar refractivity (Wildman–Crippen MR) is 69.9 cm³/mol. The van der Waals surface area contributed by atoms with Gasteiger partial charge < -0.3 is 9.64 Å². The molecule has 1 amide bonds. The van der Waals surface area contributed by atoms with Crippen LogP contribution >= 0.6 is 0 Å². The molecule has 3 nitrogen and oxygen atoms in total. The first kappa shape index (κ1) is 14.5. The van der Waals surface area contributed by atoms with Gasteiger partial charge in [0.1, 0.15) is 0 Å². The topological polar surface area (TPSA) is 29.5 Å². The summed E-state index contributed by atoms with van der Waals surface area (Å²) < 4.78 is 5.36. The quantitative estimate of drug-likeness (QED) is 0.669. The monoisotopic (exact) mass is 241 g/mol. The summed E-state index contributed by atoms with van der Waals surface area (Å²) in [7, 11) is 0. The van der Waals surface area contributed by atoms with Crippen LogP contribution in [0.25, 0.3) is 0 Å². The number of ether oxygens (including phenoxy) is 1. The van der Waals surface area contributed by atoms with Crippen molar-refractivity contribution in [2.24, 2.45) is 11.8 Å². The lowest BCUT2D eigenvalue weighted by Crippen LogP contribution is -2.39. The number of carbonyl (C=O) groups excluding carboxylic acids is 1. The summed E-state index contributed by atoms with van der Waals surface area (Å²) in [6, 6.07) is 0. The molecular formula is C14H27NO2. The maximum Gasteiger partial charge on any atom is 0.224 e. The molecule has 0 atom stereocenters. The van der Waals surface area contributed by atoms with Crippen molar-refractivity contribution in [1.29, 1.82) is 0 Å². The van der Waals surface area contributed by atoms with E-state index < -0.39 is 0 Å². The van der Waals surface area contributed by atoms with E-state index in [0.717, 1.165) is 38.0 Å². The highest BCUT2D eigenvalue weighted by atomic mass is 16.5. The number of rotatable bonds is 6. The minimum atomic E-state index is 0.267. The largest absolute Gasteiger partial charge is 0.381 e. The maximum absolute atomic E-state index is 11.9. The van der Waals surface area contributed by atoms with Gasteiger partial charge in [-0.3, -0.25) is 4.79 Å². The van der Waals surface area contributed by atoms with Crippen LogP contribution in [-0.4, -0.2) is 37.1 Å². The molecular weight excluding hydrogens is 214 g/mol. The van der Waals surface area contributed by atoms with E-state index in [2.05, 4.69) is 20.8 Å². The van der Waals surface area contributed by atoms with E-state index in [1.807, 2.05) is 4.90 Å². The molecule has 1 fully saturated rings. The van der Waals surface area contributed by atoms with Gasteiger partial charge in [-0.1, -0.05) is 20.8 Å². The number of amides is 1. The van der Waals surface area contributed by atoms with Gasteiger partial charge in [0.25, 0.3) is 0 Å². The number of nitrogens with zero attached hydrogens (tertiary/aromatic N) is 1. The standard InChI is InChI=1S/C14H27NO2/c1-4-10-17-11-7-14(16)15-8-5-13(6-9-15)12(2)3/h12-13H,4-11H2,1-3H3. The minimum Gasteiger partial charge on any atom is -0.381 e. The second kappa shape index (κ2) is 7.70. The van der Waals surface area contributed by atoms with E-state index in [4.69, 9.17) is 4.74 Å². The van der Waals surface area contributed by atoms with Crippen molar-refractivity contribution in [3.8, 4) is 0 Å². The Hall–Kier alpha value is -0.570. The zero-order valence-corrected chi connectivity index (χ0v) is 11.6. The van der Waals surface area contributed by atoms with Crippen LogP contribution in [0, 0.1) is 11.8 Å². The molecule has 100 valence electrons. The number of hydrogen-bond acceptors (Lipinski definition) is 2. The molecule has 1 aliphatic heterocycles. The molecule has 1 heterocycles. The van der Waals surface area contributed by atoms with Crippen molar-refractivity contribution in [3.63, 3.8) is 0 Å². The molecule has 0 aliphatic carbocycles. The highest BCUT2D eigenvalue weighted by Crippen LogP contribution is 2.24. The van der Waals surface area contributed by atoms with Crippen LogP contribution in [0.4, 0.5) is 0 Å². The molecule has 0 N–H and O–H groups in total. The zero-order valence-electron chi connectivity index (χ0n) is 11.6. The Labute approximate surface area is 106 Å². The van der Waals surface area contributed by atoms with E-state index in [1.165, 1.54) is 12.8 Å². The molecule has 0 unspecified atom stereocenters. The fourth-order valence-corrected chi connectivity index (χ4v) is 2.38. The molecule has 0 aromatic heterocycles. The normalized spacial score (nSPS) is 17.8. The third-order valence-electron chi connectivity index (χ3n) is 3.64. The van der Waals surface area contributed by atoms with Crippen LogP contribution in [-0.2, 0) is 9.53 Å². The third-order valence-corrected chi connectivity index (χ3v) is 3.64. The van der Waals surface area contributed by atoms with Gasteiger partial charge in [0.05, 0.1) is 13.0 Å². The first-order valence-electron chi connectivity index (χ1n) is 7.00. The van der Waals surface area contributed by atoms with Crippen molar-refractivity contribution < 1.29 is 9.53 Å². The molecule has 1 rings (SSSR count). The minimum absolute atomic E-state index is 0.267. The van der Waals surface area contributed by atoms with Crippen LogP contribution in [0.5, 0.6) is 0 Å². The summed E-state index contributed by atoms with van der Waals surface area (Å²) in [5.41, 5.74) is 0. The Morgan fingerprint density at radius 1 is 1.29 bits per heavy atom. The van der Waals surface area contributed by atoms with E-state index in [9.17, 15) is 4.79 Å². The molecule has 1 aliphatic rings. The first-order valence-corrected chi connectivity index (χ1v) is 7.00. The summed E-state index contributed by atoms with van der Waals surface area (Å²) in [6.07, 6.45) is 3.90. The number of likely N-dealkylation sites (tertiary alicyclic amines) is 1. The predicted octanol–water partition coefficient (Wildman–Crippen LogP) is 2.70. The fraction of sp³-hybridized carbons (Fsp3) is 0.929. The summed E-state index contributed by atoms with van der Waals surface area (Å²) in [4.78, 5) is 13.9. The van der Waals surface area contributed by atoms with E-state index in [0.29, 0.717) is 13.0 Å². The van der Waals surface area contributed by atoms with Gasteiger partial charge in [0.2, 0.25) is 5.91 Å². The van der Waals surface area contributed by atoms with Crippen molar-refractivity contribution in [2.75, 3.05) is 26.3 Å². The molecule has 1 saturated heterocycles. The van der Waals surface area contributed by atoms with E-state index >= 15 is 0 Å². The van der Waals surface area contributed by atoms with Crippen molar-refractivity contribution in [1.82, 2.24) is 4.90 Å². The Morgan fingerprint density at radius 3 is 2.47 bits per heavy atom. The first-order chi connectivity index (χ1) is 8.15. The average Bonchev–Trinajstić information content (AvgIpc) is 2.34. The Balaban J connectivity index is 2.17. The van der Waals surface area contributed by atoms with Gasteiger partial charge in [-0.15, -0.1) is 0 Å². The summed E-state index contributed by atoms with van der Waals surface area (Å²) in [5.74, 6) is 1.82. The van der Waals surface area contributed by atoms with Crippen LogP contribution in [0.15, 0.2) is 0 Å². The van der Waals surface area contributed by atoms with Crippen molar-refractivity contribution in [3.05, 3.63) is 0 Å². The second-order valence-corrected chi connectivity index (χ2v) is 5.32. The van der Waals surface area contributed by atoms with Gasteiger partial charge in [-0.05, 0) is 31.1 Å². The molecule has 0 aromatic rings. The molecule has 17 heavy (non-hydrogen) atoms. The van der Waals surface area contributed by atoms with Gasteiger partial charge >= 0.3 is 0 Å². The number of hydrogen-bond donors (Lipinski definition) is 0. The van der Waals surface area contributed by atoms with Gasteiger partial charge in [-0.25, -0.2) is 0 Å². The average molecular weight is 241 g/mol. The highest BCUT2D eigenvalue weighted by Gasteiger charge is 2.23. The Morgan fingerprint density at radius 2 is 1.94 bits per heavy atom. The highest BCUT2D eigenvalue weighted by molar-refractivity contribution is 5.76. The molecule has 0 spiro atoms. The van der Waals surface area contributed by atoms with Crippen molar-refractivity contribution in [2.45, 2.75) is 46.5 Å². The summed E-state index contributed by atoms with van der Waals surface area (Å²) in [6.45, 7) is 9.87.